The Hall–Kier alpha value is -5.12. The highest BCUT2D eigenvalue weighted by atomic mass is 16.5. The molecule has 1 saturated heterocycles. The summed E-state index contributed by atoms with van der Waals surface area (Å²) in [6.45, 7) is 3.59. The monoisotopic (exact) mass is 580 g/mol. The van der Waals surface area contributed by atoms with Crippen LogP contribution in [0.2, 0.25) is 0 Å². The van der Waals surface area contributed by atoms with Gasteiger partial charge in [0, 0.05) is 23.0 Å². The molecule has 3 aromatic carbocycles. The molecule has 10 heteroatoms. The maximum atomic E-state index is 14.3. The molecule has 0 aliphatic carbocycles. The number of carboxylic acid groups (broad SMARTS) is 1. The third kappa shape index (κ3) is 4.59. The average molecular weight is 581 g/mol. The number of imide groups is 1. The van der Waals surface area contributed by atoms with Crippen LogP contribution in [0, 0.1) is 5.92 Å². The Morgan fingerprint density at radius 2 is 1.81 bits per heavy atom. The second-order valence-corrected chi connectivity index (χ2v) is 11.0. The van der Waals surface area contributed by atoms with Crippen LogP contribution in [-0.4, -0.2) is 58.0 Å². The molecular formula is C33H32N4O6. The molecule has 220 valence electrons. The minimum absolute atomic E-state index is 0.0421. The summed E-state index contributed by atoms with van der Waals surface area (Å²) in [4.78, 5) is 60.0. The Balaban J connectivity index is 1.44. The molecule has 4 atom stereocenters. The first-order valence-electron chi connectivity index (χ1n) is 14.3. The smallest absolute Gasteiger partial charge is 0.332 e. The van der Waals surface area contributed by atoms with Crippen LogP contribution in [0.5, 0.6) is 5.75 Å². The van der Waals surface area contributed by atoms with Crippen molar-refractivity contribution < 1.29 is 29.0 Å². The number of hydrogen-bond acceptors (Lipinski definition) is 5. The molecule has 2 aliphatic rings. The second-order valence-electron chi connectivity index (χ2n) is 11.0. The van der Waals surface area contributed by atoms with E-state index in [4.69, 9.17) is 4.74 Å². The summed E-state index contributed by atoms with van der Waals surface area (Å²) >= 11 is 0. The normalized spacial score (nSPS) is 19.1. The summed E-state index contributed by atoms with van der Waals surface area (Å²) < 4.78 is 5.48. The van der Waals surface area contributed by atoms with Crippen molar-refractivity contribution in [3.8, 4) is 5.75 Å². The number of carboxylic acids is 1. The van der Waals surface area contributed by atoms with Crippen molar-refractivity contribution in [2.45, 2.75) is 44.8 Å². The van der Waals surface area contributed by atoms with Gasteiger partial charge in [-0.25, -0.2) is 14.5 Å². The number of hydrogen-bond donors (Lipinski definition) is 3. The lowest BCUT2D eigenvalue weighted by molar-refractivity contribution is -0.140. The zero-order valence-corrected chi connectivity index (χ0v) is 24.0. The van der Waals surface area contributed by atoms with Crippen molar-refractivity contribution in [2.24, 2.45) is 5.92 Å². The van der Waals surface area contributed by atoms with Gasteiger partial charge in [-0.3, -0.25) is 14.5 Å². The van der Waals surface area contributed by atoms with Crippen molar-refractivity contribution in [3.63, 3.8) is 0 Å². The number of nitrogens with one attached hydrogen (secondary N) is 2. The van der Waals surface area contributed by atoms with Gasteiger partial charge in [0.1, 0.15) is 23.9 Å². The van der Waals surface area contributed by atoms with Gasteiger partial charge >= 0.3 is 12.0 Å². The summed E-state index contributed by atoms with van der Waals surface area (Å²) in [5.41, 5.74) is 3.60. The zero-order valence-electron chi connectivity index (χ0n) is 24.0. The third-order valence-corrected chi connectivity index (χ3v) is 8.61. The van der Waals surface area contributed by atoms with Gasteiger partial charge in [0.05, 0.1) is 18.4 Å². The fraction of sp³-hybridized carbons (Fsp3) is 0.273. The lowest BCUT2D eigenvalue weighted by Crippen LogP contribution is -2.45. The van der Waals surface area contributed by atoms with E-state index >= 15 is 0 Å². The number of nitrogens with zero attached hydrogens (tertiary/aromatic N) is 2. The van der Waals surface area contributed by atoms with Crippen LogP contribution in [0.4, 0.5) is 10.5 Å². The van der Waals surface area contributed by atoms with Gasteiger partial charge in [-0.05, 0) is 47.4 Å². The second kappa shape index (κ2) is 10.9. The first kappa shape index (κ1) is 28.0. The summed E-state index contributed by atoms with van der Waals surface area (Å²) in [5, 5.41) is 13.3. The van der Waals surface area contributed by atoms with Gasteiger partial charge in [0.25, 0.3) is 11.8 Å². The van der Waals surface area contributed by atoms with Crippen LogP contribution in [0.1, 0.15) is 53.5 Å². The summed E-state index contributed by atoms with van der Waals surface area (Å²) in [6, 6.07) is 18.4. The first-order valence-corrected chi connectivity index (χ1v) is 14.3. The van der Waals surface area contributed by atoms with E-state index in [1.54, 1.807) is 31.1 Å². The summed E-state index contributed by atoms with van der Waals surface area (Å²) in [7, 11) is 1.57. The predicted octanol–water partition coefficient (Wildman–Crippen LogP) is 4.89. The van der Waals surface area contributed by atoms with Crippen molar-refractivity contribution >= 4 is 40.4 Å². The van der Waals surface area contributed by atoms with E-state index in [1.165, 1.54) is 12.1 Å². The number of ether oxygens (including phenoxy) is 1. The zero-order chi connectivity index (χ0) is 30.4. The van der Waals surface area contributed by atoms with Gasteiger partial charge in [-0.1, -0.05) is 62.7 Å². The van der Waals surface area contributed by atoms with Crippen molar-refractivity contribution in [1.29, 1.82) is 0 Å². The number of fused-ring (bicyclic) bond motifs is 4. The number of rotatable bonds is 8. The van der Waals surface area contributed by atoms with E-state index in [0.29, 0.717) is 18.6 Å². The number of aromatic nitrogens is 1. The van der Waals surface area contributed by atoms with Crippen LogP contribution in [-0.2, 0) is 16.0 Å². The Morgan fingerprint density at radius 3 is 2.56 bits per heavy atom. The summed E-state index contributed by atoms with van der Waals surface area (Å²) in [5.74, 6) is -1.99. The van der Waals surface area contributed by atoms with Crippen molar-refractivity contribution in [2.75, 3.05) is 12.0 Å². The van der Waals surface area contributed by atoms with Gasteiger partial charge < -0.3 is 20.1 Å². The molecule has 1 fully saturated rings. The number of methoxy groups -OCH3 is 1. The minimum Gasteiger partial charge on any atom is -0.497 e. The molecule has 3 N–H and O–H groups in total. The topological polar surface area (TPSA) is 132 Å². The van der Waals surface area contributed by atoms with Crippen LogP contribution in [0.3, 0.4) is 0 Å². The molecule has 43 heavy (non-hydrogen) atoms. The van der Waals surface area contributed by atoms with Crippen molar-refractivity contribution in [3.05, 3.63) is 95.2 Å². The van der Waals surface area contributed by atoms with Crippen LogP contribution in [0.15, 0.2) is 72.8 Å². The van der Waals surface area contributed by atoms with E-state index in [2.05, 4.69) is 10.3 Å². The fourth-order valence-electron chi connectivity index (χ4n) is 6.22. The molecule has 0 saturated carbocycles. The first-order chi connectivity index (χ1) is 20.7. The maximum absolute atomic E-state index is 14.3. The van der Waals surface area contributed by atoms with Crippen molar-refractivity contribution in [1.82, 2.24) is 15.2 Å². The average Bonchev–Trinajstić information content (AvgIpc) is 3.51. The van der Waals surface area contributed by atoms with Gasteiger partial charge in [-0.2, -0.15) is 0 Å². The predicted molar refractivity (Wildman–Crippen MR) is 160 cm³/mol. The quantitative estimate of drug-likeness (QED) is 0.254. The molecule has 3 heterocycles. The highest BCUT2D eigenvalue weighted by Crippen LogP contribution is 2.45. The molecule has 0 bridgehead atoms. The van der Waals surface area contributed by atoms with Crippen LogP contribution >= 0.6 is 0 Å². The SMILES string of the molecule is CC[C@@H](C)[C@H](NC(=O)c1ccccc1N1C(=O)[C@@H]2Cc3c([nH]c4ccccc34)[C@@H](c3cccc(OC)c3)N2C1=O)C(=O)O. The molecule has 10 nitrogen and oxygen atoms in total. The number of benzene rings is 3. The number of amides is 4. The number of carbonyl (C=O) groups is 4. The minimum atomic E-state index is -1.15. The number of carbonyl (C=O) groups excluding carboxylic acids is 3. The van der Waals surface area contributed by atoms with E-state index in [9.17, 15) is 24.3 Å². The Morgan fingerprint density at radius 1 is 1.07 bits per heavy atom. The highest BCUT2D eigenvalue weighted by Gasteiger charge is 2.53. The standard InChI is InChI=1S/C33H32N4O6/c1-4-18(2)27(32(40)41)35-30(38)22-13-6-8-15-25(22)37-31(39)26-17-23-21-12-5-7-14-24(21)34-28(23)29(36(26)33(37)42)19-10-9-11-20(16-19)43-3/h5-16,18,26-27,29,34H,4,17H2,1-3H3,(H,35,38)(H,40,41)/t18-,26+,27+,29-/m1/s1. The number of urea groups is 1. The molecule has 0 spiro atoms. The fourth-order valence-corrected chi connectivity index (χ4v) is 6.22. The van der Waals surface area contributed by atoms with Crippen LogP contribution < -0.4 is 15.0 Å². The number of H-pyrrole nitrogens is 1. The van der Waals surface area contributed by atoms with Gasteiger partial charge in [0.15, 0.2) is 0 Å². The summed E-state index contributed by atoms with van der Waals surface area (Å²) in [6.07, 6.45) is 0.837. The molecule has 1 aromatic heterocycles. The largest absolute Gasteiger partial charge is 0.497 e. The van der Waals surface area contributed by atoms with Gasteiger partial charge in [0.2, 0.25) is 0 Å². The Kier molecular flexibility index (Phi) is 7.13. The molecule has 6 rings (SSSR count). The highest BCUT2D eigenvalue weighted by molar-refractivity contribution is 6.24. The molecule has 0 radical (unpaired) electrons. The lowest BCUT2D eigenvalue weighted by Gasteiger charge is -2.36. The number of aromatic amines is 1. The molecule has 0 unspecified atom stereocenters. The van der Waals surface area contributed by atoms with Crippen LogP contribution in [0.25, 0.3) is 10.9 Å². The Labute approximate surface area is 248 Å². The molecular weight excluding hydrogens is 548 g/mol. The van der Waals surface area contributed by atoms with Gasteiger partial charge in [-0.15, -0.1) is 0 Å². The van der Waals surface area contributed by atoms with E-state index < -0.39 is 41.9 Å². The van der Waals surface area contributed by atoms with E-state index in [-0.39, 0.29) is 17.2 Å². The third-order valence-electron chi connectivity index (χ3n) is 8.61. The maximum Gasteiger partial charge on any atom is 0.332 e. The van der Waals surface area contributed by atoms with E-state index in [1.807, 2.05) is 55.5 Å². The molecule has 4 aromatic rings. The van der Waals surface area contributed by atoms with E-state index in [0.717, 1.165) is 32.6 Å². The molecule has 4 amide bonds. The Bertz CT molecular complexity index is 1760. The lowest BCUT2D eigenvalue weighted by atomic mass is 9.89. The number of aliphatic carboxylic acids is 1. The molecule has 2 aliphatic heterocycles. The number of para-hydroxylation sites is 2. The number of anilines is 1.